The van der Waals surface area contributed by atoms with Crippen LogP contribution < -0.4 is 10.5 Å². The van der Waals surface area contributed by atoms with Gasteiger partial charge in [-0.2, -0.15) is 5.10 Å². The molecule has 8 heteroatoms. The van der Waals surface area contributed by atoms with Gasteiger partial charge in [0.15, 0.2) is 0 Å². The molecule has 2 fully saturated rings. The first-order chi connectivity index (χ1) is 14.6. The molecule has 1 aromatic heterocycles. The lowest BCUT2D eigenvalue weighted by Crippen LogP contribution is -2.51. The number of carbonyl (C=O) groups excluding carboxylic acids is 1. The van der Waals surface area contributed by atoms with Gasteiger partial charge in [-0.15, -0.1) is 0 Å². The molecule has 0 N–H and O–H groups in total. The molecule has 2 aliphatic rings. The topological polar surface area (TPSA) is 61.7 Å². The quantitative estimate of drug-likeness (QED) is 0.728. The summed E-state index contributed by atoms with van der Waals surface area (Å²) in [6.07, 6.45) is 5.13. The van der Waals surface area contributed by atoms with Gasteiger partial charge in [-0.1, -0.05) is 41.9 Å². The summed E-state index contributed by atoms with van der Waals surface area (Å²) in [5.74, 6) is 0.228. The van der Waals surface area contributed by atoms with Gasteiger partial charge in [0.05, 0.1) is 25.0 Å². The largest absolute Gasteiger partial charge is 0.366 e. The molecule has 1 amide bonds. The SMILES string of the molecule is O=C(CN1CCN(c2cnn(Cc3ccccc3)c(=O)c2Cl)CC1)N1CCCCC1. The highest BCUT2D eigenvalue weighted by molar-refractivity contribution is 6.33. The van der Waals surface area contributed by atoms with E-state index in [1.54, 1.807) is 6.20 Å². The third kappa shape index (κ3) is 4.84. The highest BCUT2D eigenvalue weighted by Crippen LogP contribution is 2.22. The molecule has 0 saturated carbocycles. The number of hydrogen-bond donors (Lipinski definition) is 0. The number of hydrogen-bond acceptors (Lipinski definition) is 5. The lowest BCUT2D eigenvalue weighted by Gasteiger charge is -2.37. The maximum Gasteiger partial charge on any atom is 0.287 e. The van der Waals surface area contributed by atoms with Gasteiger partial charge < -0.3 is 9.80 Å². The lowest BCUT2D eigenvalue weighted by molar-refractivity contribution is -0.133. The van der Waals surface area contributed by atoms with E-state index in [-0.39, 0.29) is 16.5 Å². The van der Waals surface area contributed by atoms with Crippen molar-refractivity contribution in [1.82, 2.24) is 19.6 Å². The second kappa shape index (κ2) is 9.62. The van der Waals surface area contributed by atoms with Crippen LogP contribution in [-0.4, -0.2) is 71.3 Å². The third-order valence-corrected chi connectivity index (χ3v) is 6.28. The number of piperazine rings is 1. The Hall–Kier alpha value is -2.38. The number of rotatable bonds is 5. The third-order valence-electron chi connectivity index (χ3n) is 5.92. The number of aromatic nitrogens is 2. The number of nitrogens with zero attached hydrogens (tertiary/aromatic N) is 5. The van der Waals surface area contributed by atoms with Crippen molar-refractivity contribution < 1.29 is 4.79 Å². The van der Waals surface area contributed by atoms with Crippen molar-refractivity contribution >= 4 is 23.2 Å². The fourth-order valence-corrected chi connectivity index (χ4v) is 4.39. The van der Waals surface area contributed by atoms with Crippen LogP contribution in [0.15, 0.2) is 41.3 Å². The lowest BCUT2D eigenvalue weighted by atomic mass is 10.1. The Morgan fingerprint density at radius 1 is 0.967 bits per heavy atom. The molecule has 2 saturated heterocycles. The van der Waals surface area contributed by atoms with Gasteiger partial charge in [0.25, 0.3) is 5.56 Å². The van der Waals surface area contributed by atoms with Crippen LogP contribution in [0.5, 0.6) is 0 Å². The number of likely N-dealkylation sites (tertiary alicyclic amines) is 1. The number of carbonyl (C=O) groups is 1. The van der Waals surface area contributed by atoms with E-state index < -0.39 is 0 Å². The summed E-state index contributed by atoms with van der Waals surface area (Å²) in [5.41, 5.74) is 1.40. The molecular formula is C22H28ClN5O2. The van der Waals surface area contributed by atoms with Crippen LogP contribution in [0.2, 0.25) is 5.02 Å². The van der Waals surface area contributed by atoms with Crippen LogP contribution in [-0.2, 0) is 11.3 Å². The average molecular weight is 430 g/mol. The first-order valence-corrected chi connectivity index (χ1v) is 11.0. The zero-order valence-electron chi connectivity index (χ0n) is 17.2. The minimum Gasteiger partial charge on any atom is -0.366 e. The molecular weight excluding hydrogens is 402 g/mol. The minimum absolute atomic E-state index is 0.207. The highest BCUT2D eigenvalue weighted by atomic mass is 35.5. The Balaban J connectivity index is 1.35. The van der Waals surface area contributed by atoms with Crippen LogP contribution in [0.25, 0.3) is 0 Å². The smallest absolute Gasteiger partial charge is 0.287 e. The second-order valence-corrected chi connectivity index (χ2v) is 8.37. The van der Waals surface area contributed by atoms with Crippen LogP contribution in [0.3, 0.4) is 0 Å². The predicted molar refractivity (Wildman–Crippen MR) is 118 cm³/mol. The molecule has 4 rings (SSSR count). The molecule has 2 aliphatic heterocycles. The van der Waals surface area contributed by atoms with Crippen molar-refractivity contribution in [2.24, 2.45) is 0 Å². The zero-order chi connectivity index (χ0) is 20.9. The average Bonchev–Trinajstić information content (AvgIpc) is 2.79. The van der Waals surface area contributed by atoms with Crippen molar-refractivity contribution in [2.75, 3.05) is 50.7 Å². The summed E-state index contributed by atoms with van der Waals surface area (Å²) in [6, 6.07) is 9.73. The standard InChI is InChI=1S/C22H28ClN5O2/c23-21-19(15-24-28(22(21)30)16-18-7-3-1-4-8-18)26-13-11-25(12-14-26)17-20(29)27-9-5-2-6-10-27/h1,3-4,7-8,15H,2,5-6,9-14,16-17H2. The summed E-state index contributed by atoms with van der Waals surface area (Å²) in [7, 11) is 0. The molecule has 160 valence electrons. The van der Waals surface area contributed by atoms with Gasteiger partial charge in [-0.25, -0.2) is 4.68 Å². The summed E-state index contributed by atoms with van der Waals surface area (Å²) < 4.78 is 1.40. The number of halogens is 1. The molecule has 30 heavy (non-hydrogen) atoms. The van der Waals surface area contributed by atoms with Crippen LogP contribution in [0.1, 0.15) is 24.8 Å². The number of piperidine rings is 1. The van der Waals surface area contributed by atoms with Crippen molar-refractivity contribution in [2.45, 2.75) is 25.8 Å². The van der Waals surface area contributed by atoms with E-state index in [4.69, 9.17) is 11.6 Å². The summed E-state index contributed by atoms with van der Waals surface area (Å²) in [5, 5.41) is 4.55. The van der Waals surface area contributed by atoms with Gasteiger partial charge in [0.2, 0.25) is 5.91 Å². The predicted octanol–water partition coefficient (Wildman–Crippen LogP) is 2.08. The minimum atomic E-state index is -0.277. The fraction of sp³-hybridized carbons (Fsp3) is 0.500. The number of benzene rings is 1. The highest BCUT2D eigenvalue weighted by Gasteiger charge is 2.24. The van der Waals surface area contributed by atoms with Gasteiger partial charge in [-0.05, 0) is 24.8 Å². The van der Waals surface area contributed by atoms with Crippen LogP contribution >= 0.6 is 11.6 Å². The number of anilines is 1. The van der Waals surface area contributed by atoms with E-state index in [0.717, 1.165) is 57.7 Å². The van der Waals surface area contributed by atoms with E-state index in [2.05, 4.69) is 14.9 Å². The van der Waals surface area contributed by atoms with Gasteiger partial charge in [0.1, 0.15) is 5.02 Å². The molecule has 0 bridgehead atoms. The normalized spacial score (nSPS) is 17.9. The molecule has 0 radical (unpaired) electrons. The first kappa shape index (κ1) is 20.9. The monoisotopic (exact) mass is 429 g/mol. The second-order valence-electron chi connectivity index (χ2n) is 8.00. The maximum absolute atomic E-state index is 12.7. The van der Waals surface area contributed by atoms with Crippen molar-refractivity contribution in [3.05, 3.63) is 57.5 Å². The van der Waals surface area contributed by atoms with E-state index in [1.165, 1.54) is 11.1 Å². The van der Waals surface area contributed by atoms with E-state index >= 15 is 0 Å². The molecule has 2 aromatic rings. The van der Waals surface area contributed by atoms with Gasteiger partial charge >= 0.3 is 0 Å². The van der Waals surface area contributed by atoms with Crippen molar-refractivity contribution in [3.8, 4) is 0 Å². The Bertz CT molecular complexity index is 919. The molecule has 0 spiro atoms. The molecule has 1 aromatic carbocycles. The van der Waals surface area contributed by atoms with Crippen molar-refractivity contribution in [3.63, 3.8) is 0 Å². The Kier molecular flexibility index (Phi) is 6.69. The van der Waals surface area contributed by atoms with Gasteiger partial charge in [-0.3, -0.25) is 14.5 Å². The summed E-state index contributed by atoms with van der Waals surface area (Å²) >= 11 is 6.43. The van der Waals surface area contributed by atoms with E-state index in [0.29, 0.717) is 18.8 Å². The van der Waals surface area contributed by atoms with Crippen LogP contribution in [0.4, 0.5) is 5.69 Å². The molecule has 0 atom stereocenters. The molecule has 7 nitrogen and oxygen atoms in total. The maximum atomic E-state index is 12.7. The Labute approximate surface area is 181 Å². The fourth-order valence-electron chi connectivity index (χ4n) is 4.13. The Morgan fingerprint density at radius 3 is 2.37 bits per heavy atom. The Morgan fingerprint density at radius 2 is 1.67 bits per heavy atom. The first-order valence-electron chi connectivity index (χ1n) is 10.7. The van der Waals surface area contributed by atoms with E-state index in [1.807, 2.05) is 35.2 Å². The summed E-state index contributed by atoms with van der Waals surface area (Å²) in [6.45, 7) is 5.61. The van der Waals surface area contributed by atoms with Crippen molar-refractivity contribution in [1.29, 1.82) is 0 Å². The van der Waals surface area contributed by atoms with Crippen LogP contribution in [0, 0.1) is 0 Å². The number of amides is 1. The molecule has 0 aliphatic carbocycles. The molecule has 3 heterocycles. The van der Waals surface area contributed by atoms with E-state index in [9.17, 15) is 9.59 Å². The zero-order valence-corrected chi connectivity index (χ0v) is 17.9. The summed E-state index contributed by atoms with van der Waals surface area (Å²) in [4.78, 5) is 31.5. The van der Waals surface area contributed by atoms with Gasteiger partial charge in [0, 0.05) is 39.3 Å². The molecule has 0 unspecified atom stereocenters.